The Balaban J connectivity index is 5.52. The Hall–Kier alpha value is -2.54. The molecule has 0 fully saturated rings. The summed E-state index contributed by atoms with van der Waals surface area (Å²) >= 11 is 3.93. The third kappa shape index (κ3) is 12.3. The van der Waals surface area contributed by atoms with Crippen molar-refractivity contribution in [1.29, 1.82) is 0 Å². The number of nitrogens with two attached hydrogens (primary N) is 3. The number of carboxylic acid groups (broad SMARTS) is 1. The summed E-state index contributed by atoms with van der Waals surface area (Å²) < 4.78 is 0. The van der Waals surface area contributed by atoms with Crippen molar-refractivity contribution in [2.24, 2.45) is 34.0 Å². The summed E-state index contributed by atoms with van der Waals surface area (Å²) in [6, 6.07) is -4.01. The maximum atomic E-state index is 13.0. The number of aliphatic carboxylic acids is 1. The van der Waals surface area contributed by atoms with Crippen molar-refractivity contribution in [3.05, 3.63) is 0 Å². The van der Waals surface area contributed by atoms with Crippen molar-refractivity contribution in [3.8, 4) is 0 Å². The molecule has 3 amide bonds. The number of aliphatic imine (C=N–C) groups is 1. The molecule has 0 saturated carbocycles. The number of hydrogen-bond donors (Lipinski definition) is 8. The van der Waals surface area contributed by atoms with E-state index in [1.54, 1.807) is 13.8 Å². The van der Waals surface area contributed by atoms with Gasteiger partial charge in [-0.3, -0.25) is 19.4 Å². The van der Waals surface area contributed by atoms with Crippen LogP contribution in [0.4, 0.5) is 0 Å². The van der Waals surface area contributed by atoms with Gasteiger partial charge in [-0.2, -0.15) is 12.6 Å². The predicted octanol–water partition coefficient (Wildman–Crippen LogP) is -1.46. The molecule has 4 unspecified atom stereocenters. The van der Waals surface area contributed by atoms with E-state index in [0.717, 1.165) is 0 Å². The fourth-order valence-corrected chi connectivity index (χ4v) is 3.02. The Bertz CT molecular complexity index is 698. The zero-order valence-electron chi connectivity index (χ0n) is 19.7. The van der Waals surface area contributed by atoms with Crippen LogP contribution in [0.25, 0.3) is 0 Å². The van der Waals surface area contributed by atoms with Gasteiger partial charge in [-0.25, -0.2) is 4.79 Å². The van der Waals surface area contributed by atoms with Crippen LogP contribution < -0.4 is 33.2 Å². The SMILES string of the molecule is CC(C)CC(NC(=O)C(CCCN=C(N)N)NC(=O)C(N)C(C)C)C(=O)NC(CS)C(=O)O. The highest BCUT2D eigenvalue weighted by Gasteiger charge is 2.30. The van der Waals surface area contributed by atoms with E-state index < -0.39 is 47.9 Å². The van der Waals surface area contributed by atoms with Gasteiger partial charge in [0.25, 0.3) is 0 Å². The monoisotopic (exact) mass is 489 g/mol. The van der Waals surface area contributed by atoms with Crippen LogP contribution in [0.15, 0.2) is 4.99 Å². The molecule has 4 atom stereocenters. The van der Waals surface area contributed by atoms with Crippen molar-refractivity contribution in [1.82, 2.24) is 16.0 Å². The summed E-state index contributed by atoms with van der Waals surface area (Å²) in [4.78, 5) is 53.3. The number of amides is 3. The van der Waals surface area contributed by atoms with Crippen molar-refractivity contribution in [3.63, 3.8) is 0 Å². The quantitative estimate of drug-likeness (QED) is 0.0587. The Morgan fingerprint density at radius 1 is 0.909 bits per heavy atom. The van der Waals surface area contributed by atoms with Gasteiger partial charge in [0, 0.05) is 12.3 Å². The van der Waals surface area contributed by atoms with Gasteiger partial charge in [0.05, 0.1) is 6.04 Å². The fraction of sp³-hybridized carbons (Fsp3) is 0.750. The summed E-state index contributed by atoms with van der Waals surface area (Å²) in [5.41, 5.74) is 16.5. The molecule has 10 N–H and O–H groups in total. The van der Waals surface area contributed by atoms with E-state index in [1.165, 1.54) is 0 Å². The number of guanidine groups is 1. The lowest BCUT2D eigenvalue weighted by molar-refractivity contribution is -0.141. The van der Waals surface area contributed by atoms with Gasteiger partial charge >= 0.3 is 5.97 Å². The lowest BCUT2D eigenvalue weighted by Gasteiger charge is -2.26. The fourth-order valence-electron chi connectivity index (χ4n) is 2.78. The predicted molar refractivity (Wildman–Crippen MR) is 129 cm³/mol. The van der Waals surface area contributed by atoms with Crippen LogP contribution in [0, 0.1) is 11.8 Å². The topological polar surface area (TPSA) is 215 Å². The first-order chi connectivity index (χ1) is 15.3. The molecule has 0 aliphatic heterocycles. The zero-order valence-corrected chi connectivity index (χ0v) is 20.6. The zero-order chi connectivity index (χ0) is 25.7. The minimum absolute atomic E-state index is 0.0181. The van der Waals surface area contributed by atoms with Crippen LogP contribution in [-0.4, -0.2) is 71.2 Å². The molecule has 0 spiro atoms. The molecule has 0 aliphatic rings. The molecule has 0 heterocycles. The Morgan fingerprint density at radius 3 is 1.88 bits per heavy atom. The lowest BCUT2D eigenvalue weighted by atomic mass is 10.0. The molecular formula is C20H39N7O5S. The highest BCUT2D eigenvalue weighted by Crippen LogP contribution is 2.08. The number of carbonyl (C=O) groups is 4. The van der Waals surface area contributed by atoms with Crippen molar-refractivity contribution >= 4 is 42.3 Å². The Morgan fingerprint density at radius 2 is 1.42 bits per heavy atom. The number of rotatable bonds is 15. The number of carbonyl (C=O) groups excluding carboxylic acids is 3. The molecule has 0 radical (unpaired) electrons. The molecule has 12 nitrogen and oxygen atoms in total. The summed E-state index contributed by atoms with van der Waals surface area (Å²) in [6.07, 6.45) is 0.842. The van der Waals surface area contributed by atoms with E-state index in [4.69, 9.17) is 17.2 Å². The first-order valence-electron chi connectivity index (χ1n) is 10.9. The first kappa shape index (κ1) is 30.5. The first-order valence-corrected chi connectivity index (χ1v) is 11.5. The van der Waals surface area contributed by atoms with Gasteiger partial charge < -0.3 is 38.3 Å². The summed E-state index contributed by atoms with van der Waals surface area (Å²) in [5, 5.41) is 16.8. The molecule has 190 valence electrons. The molecule has 0 saturated heterocycles. The minimum Gasteiger partial charge on any atom is -0.480 e. The van der Waals surface area contributed by atoms with Crippen molar-refractivity contribution in [2.45, 2.75) is 71.1 Å². The number of thiol groups is 1. The number of nitrogens with zero attached hydrogens (tertiary/aromatic N) is 1. The molecule has 0 bridgehead atoms. The molecule has 0 aromatic rings. The molecule has 0 rings (SSSR count). The second-order valence-corrected chi connectivity index (χ2v) is 8.92. The smallest absolute Gasteiger partial charge is 0.327 e. The number of carboxylic acids is 1. The maximum Gasteiger partial charge on any atom is 0.327 e. The van der Waals surface area contributed by atoms with E-state index in [9.17, 15) is 24.3 Å². The molecular weight excluding hydrogens is 450 g/mol. The van der Waals surface area contributed by atoms with Crippen LogP contribution in [-0.2, 0) is 19.2 Å². The van der Waals surface area contributed by atoms with Gasteiger partial charge in [-0.1, -0.05) is 27.7 Å². The van der Waals surface area contributed by atoms with Crippen LogP contribution >= 0.6 is 12.6 Å². The maximum absolute atomic E-state index is 13.0. The molecule has 0 aromatic heterocycles. The van der Waals surface area contributed by atoms with E-state index in [-0.39, 0.29) is 42.9 Å². The van der Waals surface area contributed by atoms with Gasteiger partial charge in [0.1, 0.15) is 18.1 Å². The second kappa shape index (κ2) is 15.3. The second-order valence-electron chi connectivity index (χ2n) is 8.55. The highest BCUT2D eigenvalue weighted by molar-refractivity contribution is 7.80. The third-order valence-electron chi connectivity index (χ3n) is 4.74. The Kier molecular flexibility index (Phi) is 14.1. The van der Waals surface area contributed by atoms with Gasteiger partial charge in [-0.05, 0) is 31.1 Å². The van der Waals surface area contributed by atoms with Crippen LogP contribution in [0.3, 0.4) is 0 Å². The number of nitrogens with one attached hydrogen (secondary N) is 3. The average molecular weight is 490 g/mol. The summed E-state index contributed by atoms with van der Waals surface area (Å²) in [5.74, 6) is -3.31. The van der Waals surface area contributed by atoms with Gasteiger partial charge in [0.2, 0.25) is 17.7 Å². The molecule has 0 aromatic carbocycles. The Labute approximate surface area is 200 Å². The normalized spacial score (nSPS) is 14.7. The molecule has 0 aliphatic carbocycles. The highest BCUT2D eigenvalue weighted by atomic mass is 32.1. The van der Waals surface area contributed by atoms with Gasteiger partial charge in [0.15, 0.2) is 5.96 Å². The average Bonchev–Trinajstić information content (AvgIpc) is 2.71. The molecule has 13 heteroatoms. The van der Waals surface area contributed by atoms with E-state index in [0.29, 0.717) is 6.42 Å². The van der Waals surface area contributed by atoms with E-state index >= 15 is 0 Å². The number of hydrogen-bond acceptors (Lipinski definition) is 7. The van der Waals surface area contributed by atoms with Crippen molar-refractivity contribution in [2.75, 3.05) is 12.3 Å². The molecule has 33 heavy (non-hydrogen) atoms. The van der Waals surface area contributed by atoms with Crippen LogP contribution in [0.1, 0.15) is 47.0 Å². The van der Waals surface area contributed by atoms with Crippen LogP contribution in [0.5, 0.6) is 0 Å². The largest absolute Gasteiger partial charge is 0.480 e. The van der Waals surface area contributed by atoms with Crippen molar-refractivity contribution < 1.29 is 24.3 Å². The minimum atomic E-state index is -1.24. The van der Waals surface area contributed by atoms with Gasteiger partial charge in [-0.15, -0.1) is 0 Å². The summed E-state index contributed by atoms with van der Waals surface area (Å²) in [7, 11) is 0. The van der Waals surface area contributed by atoms with Crippen LogP contribution in [0.2, 0.25) is 0 Å². The third-order valence-corrected chi connectivity index (χ3v) is 5.10. The standard InChI is InChI=1S/C20H39N7O5S/c1-10(2)8-13(17(29)27-14(9-33)19(31)32)26-16(28)12(6-5-7-24-20(22)23)25-18(30)15(21)11(3)4/h10-15,33H,5-9,21H2,1-4H3,(H,25,30)(H,26,28)(H,27,29)(H,31,32)(H4,22,23,24). The lowest BCUT2D eigenvalue weighted by Crippen LogP contribution is -2.58. The van der Waals surface area contributed by atoms with E-state index in [2.05, 4.69) is 33.6 Å². The summed E-state index contributed by atoms with van der Waals surface area (Å²) in [6.45, 7) is 7.52. The van der Waals surface area contributed by atoms with E-state index in [1.807, 2.05) is 13.8 Å².